The van der Waals surface area contributed by atoms with Crippen molar-refractivity contribution in [2.45, 2.75) is 18.9 Å². The van der Waals surface area contributed by atoms with Crippen molar-refractivity contribution in [3.8, 4) is 0 Å². The minimum absolute atomic E-state index is 0.0417. The van der Waals surface area contributed by atoms with E-state index in [2.05, 4.69) is 9.71 Å². The van der Waals surface area contributed by atoms with Crippen molar-refractivity contribution in [1.82, 2.24) is 14.6 Å². The Morgan fingerprint density at radius 2 is 2.30 bits per heavy atom. The molecular weight excluding hydrogens is 285 g/mol. The van der Waals surface area contributed by atoms with Gasteiger partial charge in [0.25, 0.3) is 5.91 Å². The number of piperidine rings is 1. The van der Waals surface area contributed by atoms with Gasteiger partial charge in [-0.25, -0.2) is 17.5 Å². The SMILES string of the molecule is CS(=O)(=O)NC1CCCN(C(=O)c2ccncc2F)C1. The van der Waals surface area contributed by atoms with Crippen LogP contribution in [0.15, 0.2) is 18.5 Å². The molecule has 6 nitrogen and oxygen atoms in total. The normalized spacial score (nSPS) is 19.9. The van der Waals surface area contributed by atoms with Crippen LogP contribution in [0.5, 0.6) is 0 Å². The maximum Gasteiger partial charge on any atom is 0.256 e. The number of amides is 1. The molecular formula is C12H16FN3O3S. The number of sulfonamides is 1. The van der Waals surface area contributed by atoms with Crippen LogP contribution in [0.2, 0.25) is 0 Å². The van der Waals surface area contributed by atoms with Crippen LogP contribution in [0.1, 0.15) is 23.2 Å². The third-order valence-electron chi connectivity index (χ3n) is 3.09. The van der Waals surface area contributed by atoms with E-state index in [0.717, 1.165) is 12.5 Å². The highest BCUT2D eigenvalue weighted by Gasteiger charge is 2.27. The molecule has 1 atom stereocenters. The number of carbonyl (C=O) groups is 1. The lowest BCUT2D eigenvalue weighted by atomic mass is 10.1. The number of rotatable bonds is 3. The highest BCUT2D eigenvalue weighted by Crippen LogP contribution is 2.15. The molecule has 1 aromatic heterocycles. The molecule has 1 saturated heterocycles. The second-order valence-corrected chi connectivity index (χ2v) is 6.62. The Labute approximate surface area is 117 Å². The minimum atomic E-state index is -3.32. The molecule has 0 radical (unpaired) electrons. The molecule has 2 heterocycles. The van der Waals surface area contributed by atoms with Crippen molar-refractivity contribution in [2.75, 3.05) is 19.3 Å². The first-order chi connectivity index (χ1) is 9.37. The predicted molar refractivity (Wildman–Crippen MR) is 71.1 cm³/mol. The molecule has 8 heteroatoms. The molecule has 0 saturated carbocycles. The zero-order valence-electron chi connectivity index (χ0n) is 11.0. The van der Waals surface area contributed by atoms with Gasteiger partial charge in [0.1, 0.15) is 0 Å². The van der Waals surface area contributed by atoms with Gasteiger partial charge in [-0.1, -0.05) is 0 Å². The molecule has 1 aliphatic heterocycles. The molecule has 1 N–H and O–H groups in total. The number of nitrogens with zero attached hydrogens (tertiary/aromatic N) is 2. The van der Waals surface area contributed by atoms with Gasteiger partial charge >= 0.3 is 0 Å². The van der Waals surface area contributed by atoms with Gasteiger partial charge in [0.2, 0.25) is 10.0 Å². The van der Waals surface area contributed by atoms with E-state index in [0.29, 0.717) is 19.4 Å². The third-order valence-corrected chi connectivity index (χ3v) is 3.85. The van der Waals surface area contributed by atoms with Crippen LogP contribution in [0.4, 0.5) is 4.39 Å². The first-order valence-corrected chi connectivity index (χ1v) is 8.12. The summed E-state index contributed by atoms with van der Waals surface area (Å²) >= 11 is 0. The number of likely N-dealkylation sites (tertiary alicyclic amines) is 1. The van der Waals surface area contributed by atoms with Gasteiger partial charge in [-0.2, -0.15) is 0 Å². The zero-order valence-corrected chi connectivity index (χ0v) is 11.9. The number of carbonyl (C=O) groups excluding carboxylic acids is 1. The average Bonchev–Trinajstić information content (AvgIpc) is 2.37. The number of halogens is 1. The molecule has 2 rings (SSSR count). The maximum absolute atomic E-state index is 13.5. The van der Waals surface area contributed by atoms with Gasteiger partial charge in [0, 0.05) is 25.3 Å². The van der Waals surface area contributed by atoms with E-state index in [4.69, 9.17) is 0 Å². The lowest BCUT2D eigenvalue weighted by Gasteiger charge is -2.32. The van der Waals surface area contributed by atoms with E-state index in [1.54, 1.807) is 0 Å². The van der Waals surface area contributed by atoms with E-state index in [1.807, 2.05) is 0 Å². The number of aromatic nitrogens is 1. The average molecular weight is 301 g/mol. The van der Waals surface area contributed by atoms with Gasteiger partial charge in [-0.3, -0.25) is 9.78 Å². The van der Waals surface area contributed by atoms with Crippen molar-refractivity contribution >= 4 is 15.9 Å². The van der Waals surface area contributed by atoms with Crippen LogP contribution >= 0.6 is 0 Å². The first kappa shape index (κ1) is 14.9. The smallest absolute Gasteiger partial charge is 0.256 e. The Kier molecular flexibility index (Phi) is 4.34. The molecule has 0 aromatic carbocycles. The van der Waals surface area contributed by atoms with Crippen molar-refractivity contribution < 1.29 is 17.6 Å². The quantitative estimate of drug-likeness (QED) is 0.875. The summed E-state index contributed by atoms with van der Waals surface area (Å²) in [6.07, 6.45) is 4.76. The Morgan fingerprint density at radius 1 is 1.55 bits per heavy atom. The van der Waals surface area contributed by atoms with E-state index >= 15 is 0 Å². The molecule has 20 heavy (non-hydrogen) atoms. The summed E-state index contributed by atoms with van der Waals surface area (Å²) in [4.78, 5) is 17.3. The zero-order chi connectivity index (χ0) is 14.8. The lowest BCUT2D eigenvalue weighted by Crippen LogP contribution is -2.49. The number of pyridine rings is 1. The molecule has 0 bridgehead atoms. The molecule has 0 spiro atoms. The van der Waals surface area contributed by atoms with Gasteiger partial charge in [-0.15, -0.1) is 0 Å². The molecule has 1 aliphatic rings. The molecule has 0 aliphatic carbocycles. The monoisotopic (exact) mass is 301 g/mol. The predicted octanol–water partition coefficient (Wildman–Crippen LogP) is 0.374. The molecule has 1 unspecified atom stereocenters. The Hall–Kier alpha value is -1.54. The Balaban J connectivity index is 2.09. The fourth-order valence-corrected chi connectivity index (χ4v) is 3.08. The standard InChI is InChI=1S/C12H16FN3O3S/c1-20(18,19)15-9-3-2-6-16(8-9)12(17)10-4-5-14-7-11(10)13/h4-5,7,9,15H,2-3,6,8H2,1H3. The summed E-state index contributed by atoms with van der Waals surface area (Å²) in [5, 5.41) is 0. The number of hydrogen-bond acceptors (Lipinski definition) is 4. The van der Waals surface area contributed by atoms with Gasteiger partial charge in [0.05, 0.1) is 18.0 Å². The highest BCUT2D eigenvalue weighted by atomic mass is 32.2. The largest absolute Gasteiger partial charge is 0.337 e. The van der Waals surface area contributed by atoms with Crippen molar-refractivity contribution in [3.63, 3.8) is 0 Å². The molecule has 110 valence electrons. The molecule has 1 aromatic rings. The lowest BCUT2D eigenvalue weighted by molar-refractivity contribution is 0.0698. The second-order valence-electron chi connectivity index (χ2n) is 4.84. The summed E-state index contributed by atoms with van der Waals surface area (Å²) in [6.45, 7) is 0.732. The van der Waals surface area contributed by atoms with Crippen molar-refractivity contribution in [2.24, 2.45) is 0 Å². The highest BCUT2D eigenvalue weighted by molar-refractivity contribution is 7.88. The van der Waals surface area contributed by atoms with Crippen LogP contribution in [0.25, 0.3) is 0 Å². The van der Waals surface area contributed by atoms with Crippen molar-refractivity contribution in [1.29, 1.82) is 0 Å². The number of hydrogen-bond donors (Lipinski definition) is 1. The summed E-state index contributed by atoms with van der Waals surface area (Å²) in [7, 11) is -3.32. The van der Waals surface area contributed by atoms with Crippen LogP contribution in [-0.2, 0) is 10.0 Å². The maximum atomic E-state index is 13.5. The third kappa shape index (κ3) is 3.73. The van der Waals surface area contributed by atoms with E-state index in [1.165, 1.54) is 17.2 Å². The topological polar surface area (TPSA) is 79.4 Å². The van der Waals surface area contributed by atoms with E-state index < -0.39 is 21.7 Å². The first-order valence-electron chi connectivity index (χ1n) is 6.23. The van der Waals surface area contributed by atoms with Gasteiger partial charge in [-0.05, 0) is 18.9 Å². The van der Waals surface area contributed by atoms with Crippen LogP contribution in [-0.4, -0.2) is 49.6 Å². The Bertz CT molecular complexity index is 606. The number of nitrogens with one attached hydrogen (secondary N) is 1. The van der Waals surface area contributed by atoms with E-state index in [-0.39, 0.29) is 18.2 Å². The van der Waals surface area contributed by atoms with Crippen LogP contribution in [0, 0.1) is 5.82 Å². The fraction of sp³-hybridized carbons (Fsp3) is 0.500. The summed E-state index contributed by atoms with van der Waals surface area (Å²) < 4.78 is 38.5. The van der Waals surface area contributed by atoms with Crippen LogP contribution in [0.3, 0.4) is 0 Å². The fourth-order valence-electron chi connectivity index (χ4n) is 2.28. The summed E-state index contributed by atoms with van der Waals surface area (Å²) in [5.41, 5.74) is -0.0417. The summed E-state index contributed by atoms with van der Waals surface area (Å²) in [6, 6.07) is 0.998. The molecule has 1 fully saturated rings. The Morgan fingerprint density at radius 3 is 2.95 bits per heavy atom. The van der Waals surface area contributed by atoms with Crippen molar-refractivity contribution in [3.05, 3.63) is 29.8 Å². The second kappa shape index (κ2) is 5.84. The minimum Gasteiger partial charge on any atom is -0.337 e. The van der Waals surface area contributed by atoms with Gasteiger partial charge in [0.15, 0.2) is 5.82 Å². The molecule has 1 amide bonds. The van der Waals surface area contributed by atoms with E-state index in [9.17, 15) is 17.6 Å². The van der Waals surface area contributed by atoms with Crippen LogP contribution < -0.4 is 4.72 Å². The van der Waals surface area contributed by atoms with Gasteiger partial charge < -0.3 is 4.90 Å². The summed E-state index contributed by atoms with van der Waals surface area (Å²) in [5.74, 6) is -1.11.